The molecule has 0 radical (unpaired) electrons. The molecule has 3 N–H and O–H groups in total. The summed E-state index contributed by atoms with van der Waals surface area (Å²) in [6.07, 6.45) is 0.623. The lowest BCUT2D eigenvalue weighted by atomic mass is 10.3. The third kappa shape index (κ3) is 2.29. The minimum absolute atomic E-state index is 0.0542. The fraction of sp³-hybridized carbons (Fsp3) is 0.455. The molecule has 1 heterocycles. The number of benzene rings is 1. The first-order chi connectivity index (χ1) is 8.45. The number of nitrogens with zero attached hydrogens (tertiary/aromatic N) is 1. The number of sulfonamides is 1. The van der Waals surface area contributed by atoms with Crippen LogP contribution in [0.25, 0.3) is 0 Å². The molecular weight excluding hydrogens is 256 g/mol. The van der Waals surface area contributed by atoms with E-state index in [0.717, 1.165) is 0 Å². The molecule has 0 saturated carbocycles. The normalized spacial score (nSPS) is 21.3. The number of nitrogen functional groups attached to an aromatic ring is 1. The number of aromatic hydroxyl groups is 1. The maximum atomic E-state index is 12.3. The van der Waals surface area contributed by atoms with Gasteiger partial charge < -0.3 is 15.6 Å². The van der Waals surface area contributed by atoms with Crippen molar-refractivity contribution in [1.29, 1.82) is 0 Å². The van der Waals surface area contributed by atoms with Gasteiger partial charge in [-0.1, -0.05) is 0 Å². The van der Waals surface area contributed by atoms with Crippen molar-refractivity contribution in [2.45, 2.75) is 17.4 Å². The minimum Gasteiger partial charge on any atom is -0.506 e. The first-order valence-electron chi connectivity index (χ1n) is 5.56. The first kappa shape index (κ1) is 13.1. The van der Waals surface area contributed by atoms with Crippen LogP contribution in [0.2, 0.25) is 0 Å². The highest BCUT2D eigenvalue weighted by Crippen LogP contribution is 2.27. The Balaban J connectivity index is 2.28. The van der Waals surface area contributed by atoms with E-state index in [1.807, 2.05) is 0 Å². The second-order valence-electron chi connectivity index (χ2n) is 4.23. The molecule has 1 atom stereocenters. The summed E-state index contributed by atoms with van der Waals surface area (Å²) in [7, 11) is -1.99. The number of nitrogens with two attached hydrogens (primary N) is 1. The van der Waals surface area contributed by atoms with Crippen molar-refractivity contribution in [3.63, 3.8) is 0 Å². The monoisotopic (exact) mass is 272 g/mol. The van der Waals surface area contributed by atoms with Crippen molar-refractivity contribution in [3.8, 4) is 5.75 Å². The van der Waals surface area contributed by atoms with Gasteiger partial charge >= 0.3 is 0 Å². The Labute approximate surface area is 106 Å². The van der Waals surface area contributed by atoms with Crippen LogP contribution in [-0.4, -0.2) is 44.1 Å². The molecule has 2 rings (SSSR count). The Kier molecular flexibility index (Phi) is 3.47. The molecule has 100 valence electrons. The quantitative estimate of drug-likeness (QED) is 0.613. The van der Waals surface area contributed by atoms with E-state index in [9.17, 15) is 13.5 Å². The fourth-order valence-corrected chi connectivity index (χ4v) is 3.47. The SMILES string of the molecule is COC1CCN(S(=O)(=O)c2ccc(O)c(N)c2)C1. The lowest BCUT2D eigenvalue weighted by Crippen LogP contribution is -2.30. The molecule has 1 saturated heterocycles. The fourth-order valence-electron chi connectivity index (χ4n) is 1.95. The van der Waals surface area contributed by atoms with Crippen molar-refractivity contribution in [1.82, 2.24) is 4.31 Å². The van der Waals surface area contributed by atoms with Crippen LogP contribution in [0.15, 0.2) is 23.1 Å². The summed E-state index contributed by atoms with van der Waals surface area (Å²) < 4.78 is 31.1. The molecule has 1 aliphatic rings. The second-order valence-corrected chi connectivity index (χ2v) is 6.17. The molecule has 0 bridgehead atoms. The summed E-state index contributed by atoms with van der Waals surface area (Å²) in [4.78, 5) is 0.0922. The zero-order valence-corrected chi connectivity index (χ0v) is 10.9. The van der Waals surface area contributed by atoms with Crippen molar-refractivity contribution >= 4 is 15.7 Å². The van der Waals surface area contributed by atoms with Gasteiger partial charge in [0.2, 0.25) is 10.0 Å². The molecule has 18 heavy (non-hydrogen) atoms. The van der Waals surface area contributed by atoms with E-state index in [-0.39, 0.29) is 22.4 Å². The van der Waals surface area contributed by atoms with E-state index in [4.69, 9.17) is 10.5 Å². The number of hydrogen-bond acceptors (Lipinski definition) is 5. The first-order valence-corrected chi connectivity index (χ1v) is 7.00. The lowest BCUT2D eigenvalue weighted by molar-refractivity contribution is 0.115. The van der Waals surface area contributed by atoms with E-state index in [2.05, 4.69) is 0 Å². The number of phenolic OH excluding ortho intramolecular Hbond substituents is 1. The molecule has 1 aromatic carbocycles. The zero-order chi connectivity index (χ0) is 13.3. The average Bonchev–Trinajstić information content (AvgIpc) is 2.81. The molecule has 1 aromatic rings. The highest BCUT2D eigenvalue weighted by molar-refractivity contribution is 7.89. The molecule has 7 heteroatoms. The molecule has 0 spiro atoms. The average molecular weight is 272 g/mol. The molecule has 1 fully saturated rings. The molecule has 0 aliphatic carbocycles. The second kappa shape index (κ2) is 4.75. The number of methoxy groups -OCH3 is 1. The van der Waals surface area contributed by atoms with Crippen LogP contribution < -0.4 is 5.73 Å². The van der Waals surface area contributed by atoms with E-state index in [1.54, 1.807) is 7.11 Å². The summed E-state index contributed by atoms with van der Waals surface area (Å²) in [5, 5.41) is 9.30. The smallest absolute Gasteiger partial charge is 0.243 e. The van der Waals surface area contributed by atoms with E-state index < -0.39 is 10.0 Å². The highest BCUT2D eigenvalue weighted by atomic mass is 32.2. The Hall–Kier alpha value is -1.31. The molecule has 0 amide bonds. The summed E-state index contributed by atoms with van der Waals surface area (Å²) >= 11 is 0. The number of anilines is 1. The van der Waals surface area contributed by atoms with Gasteiger partial charge in [-0.15, -0.1) is 0 Å². The minimum atomic E-state index is -3.56. The summed E-state index contributed by atoms with van der Waals surface area (Å²) in [5.41, 5.74) is 5.57. The number of phenols is 1. The van der Waals surface area contributed by atoms with Gasteiger partial charge in [0.25, 0.3) is 0 Å². The number of hydrogen-bond donors (Lipinski definition) is 2. The lowest BCUT2D eigenvalue weighted by Gasteiger charge is -2.16. The van der Waals surface area contributed by atoms with Gasteiger partial charge in [0, 0.05) is 20.2 Å². The molecular formula is C11H16N2O4S. The summed E-state index contributed by atoms with van der Waals surface area (Å²) in [6.45, 7) is 0.779. The summed E-state index contributed by atoms with van der Waals surface area (Å²) in [5.74, 6) is -0.120. The van der Waals surface area contributed by atoms with Crippen LogP contribution in [0.3, 0.4) is 0 Å². The molecule has 1 aliphatic heterocycles. The van der Waals surface area contributed by atoms with Crippen LogP contribution in [0.5, 0.6) is 5.75 Å². The number of ether oxygens (including phenoxy) is 1. The maximum Gasteiger partial charge on any atom is 0.243 e. The van der Waals surface area contributed by atoms with Crippen LogP contribution in [0.1, 0.15) is 6.42 Å². The van der Waals surface area contributed by atoms with Gasteiger partial charge in [0.15, 0.2) is 0 Å². The van der Waals surface area contributed by atoms with Gasteiger partial charge in [-0.25, -0.2) is 8.42 Å². The van der Waals surface area contributed by atoms with Crippen LogP contribution >= 0.6 is 0 Å². The summed E-state index contributed by atoms with van der Waals surface area (Å²) in [6, 6.07) is 3.90. The molecule has 0 aromatic heterocycles. The van der Waals surface area contributed by atoms with E-state index in [1.165, 1.54) is 22.5 Å². The zero-order valence-electron chi connectivity index (χ0n) is 10.0. The van der Waals surface area contributed by atoms with Crippen LogP contribution in [0.4, 0.5) is 5.69 Å². The van der Waals surface area contributed by atoms with Crippen LogP contribution in [-0.2, 0) is 14.8 Å². The Morgan fingerprint density at radius 1 is 1.50 bits per heavy atom. The van der Waals surface area contributed by atoms with Crippen molar-refractivity contribution < 1.29 is 18.3 Å². The van der Waals surface area contributed by atoms with Gasteiger partial charge in [0.1, 0.15) is 5.75 Å². The topological polar surface area (TPSA) is 92.9 Å². The Morgan fingerprint density at radius 2 is 2.22 bits per heavy atom. The highest BCUT2D eigenvalue weighted by Gasteiger charge is 2.32. The Morgan fingerprint density at radius 3 is 2.78 bits per heavy atom. The van der Waals surface area contributed by atoms with Gasteiger partial charge in [-0.2, -0.15) is 4.31 Å². The van der Waals surface area contributed by atoms with Gasteiger partial charge in [-0.3, -0.25) is 0 Å². The van der Waals surface area contributed by atoms with Crippen molar-refractivity contribution in [2.75, 3.05) is 25.9 Å². The van der Waals surface area contributed by atoms with E-state index in [0.29, 0.717) is 19.5 Å². The largest absolute Gasteiger partial charge is 0.506 e. The predicted octanol–water partition coefficient (Wildman–Crippen LogP) is 0.384. The van der Waals surface area contributed by atoms with Gasteiger partial charge in [0.05, 0.1) is 16.7 Å². The third-order valence-electron chi connectivity index (χ3n) is 3.08. The third-order valence-corrected chi connectivity index (χ3v) is 4.94. The van der Waals surface area contributed by atoms with E-state index >= 15 is 0 Å². The van der Waals surface area contributed by atoms with Crippen molar-refractivity contribution in [2.24, 2.45) is 0 Å². The number of rotatable bonds is 3. The maximum absolute atomic E-state index is 12.3. The predicted molar refractivity (Wildman–Crippen MR) is 66.7 cm³/mol. The van der Waals surface area contributed by atoms with Crippen molar-refractivity contribution in [3.05, 3.63) is 18.2 Å². The standard InChI is InChI=1S/C11H16N2O4S/c1-17-8-4-5-13(7-8)18(15,16)9-2-3-11(14)10(12)6-9/h2-3,6,8,14H,4-5,7,12H2,1H3. The molecule has 1 unspecified atom stereocenters. The van der Waals surface area contributed by atoms with Crippen LogP contribution in [0, 0.1) is 0 Å². The molecule has 6 nitrogen and oxygen atoms in total. The Bertz CT molecular complexity index is 544. The van der Waals surface area contributed by atoms with Gasteiger partial charge in [-0.05, 0) is 24.6 Å².